The molecular formula is C11H20N2O3S2. The van der Waals surface area contributed by atoms with Gasteiger partial charge in [0.15, 0.2) is 0 Å². The number of carbonyl (C=O) groups is 2. The van der Waals surface area contributed by atoms with Crippen molar-refractivity contribution in [2.45, 2.75) is 24.6 Å². The molecule has 1 fully saturated rings. The molecule has 7 heteroatoms. The van der Waals surface area contributed by atoms with Gasteiger partial charge < -0.3 is 15.3 Å². The zero-order valence-corrected chi connectivity index (χ0v) is 12.6. The van der Waals surface area contributed by atoms with Crippen LogP contribution in [0.2, 0.25) is 0 Å². The molecule has 1 heterocycles. The number of hydrogen-bond donors (Lipinski definition) is 2. The minimum absolute atomic E-state index is 0.335. The Hall–Kier alpha value is -0.560. The molecule has 2 amide bonds. The number of rotatable bonds is 4. The molecule has 104 valence electrons. The second-order valence-electron chi connectivity index (χ2n) is 4.68. The zero-order valence-electron chi connectivity index (χ0n) is 10.9. The number of thioether (sulfide) groups is 2. The summed E-state index contributed by atoms with van der Waals surface area (Å²) in [6.07, 6.45) is 0. The number of nitrogens with one attached hydrogen (secondary N) is 1. The average Bonchev–Trinajstić information content (AvgIpc) is 2.36. The van der Waals surface area contributed by atoms with Gasteiger partial charge in [-0.3, -0.25) is 0 Å². The average molecular weight is 292 g/mol. The predicted molar refractivity (Wildman–Crippen MR) is 76.4 cm³/mol. The third kappa shape index (κ3) is 3.98. The normalized spacial score (nSPS) is 20.3. The summed E-state index contributed by atoms with van der Waals surface area (Å²) in [4.78, 5) is 24.1. The molecular weight excluding hydrogens is 272 g/mol. The molecule has 0 radical (unpaired) electrons. The van der Waals surface area contributed by atoms with E-state index in [1.54, 1.807) is 0 Å². The first-order valence-electron chi connectivity index (χ1n) is 5.80. The van der Waals surface area contributed by atoms with Crippen LogP contribution >= 0.6 is 23.5 Å². The van der Waals surface area contributed by atoms with Crippen molar-refractivity contribution in [3.8, 4) is 0 Å². The SMILES string of the molecule is CN(C(=O)NCC1CSCCS1)C(C)(C)C(=O)O. The van der Waals surface area contributed by atoms with E-state index in [1.807, 2.05) is 23.5 Å². The Kier molecular flexibility index (Phi) is 5.65. The molecule has 0 saturated carbocycles. The highest BCUT2D eigenvalue weighted by Gasteiger charge is 2.35. The van der Waals surface area contributed by atoms with Gasteiger partial charge in [0, 0.05) is 36.1 Å². The van der Waals surface area contributed by atoms with E-state index in [-0.39, 0.29) is 6.03 Å². The fourth-order valence-electron chi connectivity index (χ4n) is 1.37. The van der Waals surface area contributed by atoms with Gasteiger partial charge in [-0.25, -0.2) is 9.59 Å². The summed E-state index contributed by atoms with van der Waals surface area (Å²) in [5.74, 6) is 2.31. The van der Waals surface area contributed by atoms with Crippen molar-refractivity contribution in [3.63, 3.8) is 0 Å². The molecule has 0 aromatic carbocycles. The molecule has 1 saturated heterocycles. The smallest absolute Gasteiger partial charge is 0.329 e. The summed E-state index contributed by atoms with van der Waals surface area (Å²) in [5.41, 5.74) is -1.20. The van der Waals surface area contributed by atoms with Gasteiger partial charge in [-0.1, -0.05) is 0 Å². The molecule has 1 unspecified atom stereocenters. The third-order valence-electron chi connectivity index (χ3n) is 3.03. The van der Waals surface area contributed by atoms with Crippen LogP contribution in [-0.4, -0.2) is 63.6 Å². The van der Waals surface area contributed by atoms with E-state index in [0.717, 1.165) is 11.5 Å². The van der Waals surface area contributed by atoms with E-state index in [0.29, 0.717) is 11.8 Å². The molecule has 0 aromatic rings. The van der Waals surface area contributed by atoms with Gasteiger partial charge in [-0.15, -0.1) is 0 Å². The van der Waals surface area contributed by atoms with Crippen LogP contribution < -0.4 is 5.32 Å². The second kappa shape index (κ2) is 6.56. The maximum Gasteiger partial charge on any atom is 0.329 e. The quantitative estimate of drug-likeness (QED) is 0.818. The summed E-state index contributed by atoms with van der Waals surface area (Å²) in [6.45, 7) is 3.62. The van der Waals surface area contributed by atoms with Crippen molar-refractivity contribution in [3.05, 3.63) is 0 Å². The fourth-order valence-corrected chi connectivity index (χ4v) is 3.98. The van der Waals surface area contributed by atoms with Gasteiger partial charge in [-0.2, -0.15) is 23.5 Å². The highest BCUT2D eigenvalue weighted by Crippen LogP contribution is 2.23. The van der Waals surface area contributed by atoms with Gasteiger partial charge >= 0.3 is 12.0 Å². The topological polar surface area (TPSA) is 69.6 Å². The zero-order chi connectivity index (χ0) is 13.8. The summed E-state index contributed by atoms with van der Waals surface area (Å²) >= 11 is 3.75. The molecule has 5 nitrogen and oxygen atoms in total. The first-order valence-corrected chi connectivity index (χ1v) is 8.00. The van der Waals surface area contributed by atoms with E-state index >= 15 is 0 Å². The van der Waals surface area contributed by atoms with Crippen molar-refractivity contribution in [2.24, 2.45) is 0 Å². The summed E-state index contributed by atoms with van der Waals surface area (Å²) in [7, 11) is 1.51. The van der Waals surface area contributed by atoms with Gasteiger partial charge in [0.1, 0.15) is 5.54 Å². The number of aliphatic carboxylic acids is 1. The van der Waals surface area contributed by atoms with E-state index < -0.39 is 11.5 Å². The van der Waals surface area contributed by atoms with Crippen LogP contribution in [0.3, 0.4) is 0 Å². The number of carboxylic acids is 1. The minimum Gasteiger partial charge on any atom is -0.480 e. The Morgan fingerprint density at radius 1 is 1.44 bits per heavy atom. The van der Waals surface area contributed by atoms with Crippen LogP contribution in [0, 0.1) is 0 Å². The standard InChI is InChI=1S/C11H20N2O3S2/c1-11(2,9(14)15)13(3)10(16)12-6-8-7-17-4-5-18-8/h8H,4-7H2,1-3H3,(H,12,16)(H,14,15). The minimum atomic E-state index is -1.20. The number of hydrogen-bond acceptors (Lipinski definition) is 4. The molecule has 1 rings (SSSR count). The van der Waals surface area contributed by atoms with Crippen LogP contribution in [0.1, 0.15) is 13.8 Å². The molecule has 1 aliphatic rings. The monoisotopic (exact) mass is 292 g/mol. The Morgan fingerprint density at radius 3 is 2.61 bits per heavy atom. The largest absolute Gasteiger partial charge is 0.480 e. The summed E-state index contributed by atoms with van der Waals surface area (Å²) < 4.78 is 0. The van der Waals surface area contributed by atoms with Crippen LogP contribution in [0.15, 0.2) is 0 Å². The summed E-state index contributed by atoms with van der Waals surface area (Å²) in [5, 5.41) is 12.3. The molecule has 1 aliphatic heterocycles. The highest BCUT2D eigenvalue weighted by atomic mass is 32.2. The van der Waals surface area contributed by atoms with Crippen LogP contribution in [0.5, 0.6) is 0 Å². The molecule has 2 N–H and O–H groups in total. The van der Waals surface area contributed by atoms with E-state index in [9.17, 15) is 9.59 Å². The number of carbonyl (C=O) groups excluding carboxylic acids is 1. The Balaban J connectivity index is 2.42. The van der Waals surface area contributed by atoms with E-state index in [4.69, 9.17) is 5.11 Å². The van der Waals surface area contributed by atoms with Gasteiger partial charge in [0.25, 0.3) is 0 Å². The maximum absolute atomic E-state index is 11.9. The van der Waals surface area contributed by atoms with Crippen molar-refractivity contribution < 1.29 is 14.7 Å². The number of urea groups is 1. The first-order chi connectivity index (χ1) is 8.35. The highest BCUT2D eigenvalue weighted by molar-refractivity contribution is 8.06. The van der Waals surface area contributed by atoms with Gasteiger partial charge in [-0.05, 0) is 13.8 Å². The van der Waals surface area contributed by atoms with Crippen LogP contribution in [0.25, 0.3) is 0 Å². The molecule has 0 spiro atoms. The lowest BCUT2D eigenvalue weighted by Crippen LogP contribution is -2.54. The van der Waals surface area contributed by atoms with Crippen LogP contribution in [-0.2, 0) is 4.79 Å². The number of carboxylic acid groups (broad SMARTS) is 1. The van der Waals surface area contributed by atoms with E-state index in [1.165, 1.54) is 31.5 Å². The fraction of sp³-hybridized carbons (Fsp3) is 0.818. The number of amides is 2. The Morgan fingerprint density at radius 2 is 2.11 bits per heavy atom. The second-order valence-corrected chi connectivity index (χ2v) is 7.24. The molecule has 1 atom stereocenters. The Labute approximate surface area is 116 Å². The maximum atomic E-state index is 11.9. The Bertz CT molecular complexity index is 317. The van der Waals surface area contributed by atoms with Crippen molar-refractivity contribution in [1.82, 2.24) is 10.2 Å². The molecule has 0 aliphatic carbocycles. The predicted octanol–water partition coefficient (Wildman–Crippen LogP) is 1.34. The van der Waals surface area contributed by atoms with Gasteiger partial charge in [0.2, 0.25) is 0 Å². The third-order valence-corrected chi connectivity index (χ3v) is 5.88. The summed E-state index contributed by atoms with van der Waals surface area (Å²) in [6, 6.07) is -0.335. The van der Waals surface area contributed by atoms with Crippen LogP contribution in [0.4, 0.5) is 4.79 Å². The lowest BCUT2D eigenvalue weighted by molar-refractivity contribution is -0.146. The number of likely N-dealkylation sites (N-methyl/N-ethyl adjacent to an activating group) is 1. The lowest BCUT2D eigenvalue weighted by Gasteiger charge is -2.32. The van der Waals surface area contributed by atoms with Crippen molar-refractivity contribution in [1.29, 1.82) is 0 Å². The molecule has 18 heavy (non-hydrogen) atoms. The molecule has 0 bridgehead atoms. The first kappa shape index (κ1) is 15.5. The number of nitrogens with zero attached hydrogens (tertiary/aromatic N) is 1. The lowest BCUT2D eigenvalue weighted by atomic mass is 10.1. The molecule has 0 aromatic heterocycles. The van der Waals surface area contributed by atoms with Gasteiger partial charge in [0.05, 0.1) is 0 Å². The van der Waals surface area contributed by atoms with Crippen molar-refractivity contribution >= 4 is 35.5 Å². The van der Waals surface area contributed by atoms with Crippen molar-refractivity contribution in [2.75, 3.05) is 30.9 Å². The van der Waals surface area contributed by atoms with E-state index in [2.05, 4.69) is 5.32 Å².